The van der Waals surface area contributed by atoms with Crippen LogP contribution < -0.4 is 0 Å². The van der Waals surface area contributed by atoms with Crippen molar-refractivity contribution in [1.82, 2.24) is 4.90 Å². The lowest BCUT2D eigenvalue weighted by atomic mass is 9.89. The molecular formula is C13H23NO2. The number of ether oxygens (including phenoxy) is 1. The maximum absolute atomic E-state index is 11.4. The second-order valence-electron chi connectivity index (χ2n) is 4.72. The zero-order chi connectivity index (χ0) is 12.2. The first kappa shape index (κ1) is 13.2. The highest BCUT2D eigenvalue weighted by Crippen LogP contribution is 2.37. The summed E-state index contributed by atoms with van der Waals surface area (Å²) in [4.78, 5) is 13.7. The van der Waals surface area contributed by atoms with Crippen LogP contribution in [0.5, 0.6) is 0 Å². The van der Waals surface area contributed by atoms with Gasteiger partial charge in [-0.2, -0.15) is 0 Å². The molecule has 0 spiro atoms. The van der Waals surface area contributed by atoms with E-state index in [9.17, 15) is 4.79 Å². The Morgan fingerprint density at radius 3 is 2.88 bits per heavy atom. The van der Waals surface area contributed by atoms with Crippen LogP contribution in [-0.4, -0.2) is 37.1 Å². The summed E-state index contributed by atoms with van der Waals surface area (Å²) in [7, 11) is 3.59. The van der Waals surface area contributed by atoms with E-state index in [1.54, 1.807) is 0 Å². The van der Waals surface area contributed by atoms with Gasteiger partial charge in [0.1, 0.15) is 0 Å². The van der Waals surface area contributed by atoms with E-state index in [1.165, 1.54) is 12.7 Å². The van der Waals surface area contributed by atoms with Gasteiger partial charge in [-0.25, -0.2) is 0 Å². The van der Waals surface area contributed by atoms with Crippen molar-refractivity contribution in [2.24, 2.45) is 0 Å². The number of allylic oxidation sites excluding steroid dienone is 1. The molecule has 0 aliphatic heterocycles. The molecule has 0 amide bonds. The molecule has 1 aliphatic carbocycles. The molecule has 1 unspecified atom stereocenters. The summed E-state index contributed by atoms with van der Waals surface area (Å²) in [5.41, 5.74) is 1.26. The first-order chi connectivity index (χ1) is 7.54. The van der Waals surface area contributed by atoms with E-state index in [4.69, 9.17) is 4.74 Å². The van der Waals surface area contributed by atoms with Gasteiger partial charge in [0.2, 0.25) is 0 Å². The van der Waals surface area contributed by atoms with Gasteiger partial charge < -0.3 is 4.74 Å². The highest BCUT2D eigenvalue weighted by Gasteiger charge is 2.36. The first-order valence-electron chi connectivity index (χ1n) is 6.02. The van der Waals surface area contributed by atoms with Gasteiger partial charge in [0, 0.05) is 5.54 Å². The molecule has 0 heterocycles. The molecule has 0 aromatic rings. The van der Waals surface area contributed by atoms with Gasteiger partial charge in [-0.1, -0.05) is 13.0 Å². The lowest BCUT2D eigenvalue weighted by Crippen LogP contribution is -2.44. The number of esters is 1. The summed E-state index contributed by atoms with van der Waals surface area (Å²) < 4.78 is 4.75. The Hall–Kier alpha value is -0.830. The summed E-state index contributed by atoms with van der Waals surface area (Å²) in [5, 5.41) is 0. The lowest BCUT2D eigenvalue weighted by molar-refractivity contribution is -0.140. The van der Waals surface area contributed by atoms with E-state index in [0.717, 1.165) is 25.8 Å². The minimum absolute atomic E-state index is 0.0458. The smallest absolute Gasteiger partial charge is 0.309 e. The van der Waals surface area contributed by atoms with Crippen molar-refractivity contribution in [2.45, 2.75) is 45.1 Å². The monoisotopic (exact) mass is 225 g/mol. The van der Waals surface area contributed by atoms with Crippen LogP contribution in [0.25, 0.3) is 0 Å². The van der Waals surface area contributed by atoms with Crippen molar-refractivity contribution >= 4 is 5.97 Å². The normalized spacial score (nSPS) is 24.7. The van der Waals surface area contributed by atoms with Crippen molar-refractivity contribution in [3.05, 3.63) is 11.6 Å². The number of rotatable bonds is 5. The summed E-state index contributed by atoms with van der Waals surface area (Å²) in [5.74, 6) is -0.135. The fourth-order valence-corrected chi connectivity index (χ4v) is 2.42. The molecule has 0 aromatic carbocycles. The zero-order valence-electron chi connectivity index (χ0n) is 10.9. The standard InChI is InChI=1S/C13H23NO2/c1-5-9-14(3)13(2)8-6-7-11(13)10-12(15)16-4/h7H,5-6,8-10H2,1-4H3. The van der Waals surface area contributed by atoms with Gasteiger partial charge in [-0.15, -0.1) is 0 Å². The van der Waals surface area contributed by atoms with Crippen LogP contribution >= 0.6 is 0 Å². The zero-order valence-corrected chi connectivity index (χ0v) is 10.9. The third-order valence-corrected chi connectivity index (χ3v) is 3.68. The van der Waals surface area contributed by atoms with Crippen molar-refractivity contribution in [3.8, 4) is 0 Å². The van der Waals surface area contributed by atoms with E-state index in [0.29, 0.717) is 6.42 Å². The van der Waals surface area contributed by atoms with Crippen LogP contribution in [-0.2, 0) is 9.53 Å². The predicted molar refractivity (Wildman–Crippen MR) is 65.3 cm³/mol. The van der Waals surface area contributed by atoms with Crippen molar-refractivity contribution < 1.29 is 9.53 Å². The van der Waals surface area contributed by atoms with Gasteiger partial charge in [-0.3, -0.25) is 9.69 Å². The van der Waals surface area contributed by atoms with Crippen LogP contribution in [0, 0.1) is 0 Å². The highest BCUT2D eigenvalue weighted by molar-refractivity contribution is 5.73. The summed E-state index contributed by atoms with van der Waals surface area (Å²) in [6, 6.07) is 0. The second kappa shape index (κ2) is 5.48. The fraction of sp³-hybridized carbons (Fsp3) is 0.769. The van der Waals surface area contributed by atoms with E-state index >= 15 is 0 Å². The molecule has 1 aliphatic rings. The molecule has 0 saturated heterocycles. The Bertz CT molecular complexity index is 286. The maximum Gasteiger partial charge on any atom is 0.309 e. The largest absolute Gasteiger partial charge is 0.469 e. The van der Waals surface area contributed by atoms with Crippen LogP contribution in [0.15, 0.2) is 11.6 Å². The molecule has 3 nitrogen and oxygen atoms in total. The molecule has 1 atom stereocenters. The Morgan fingerprint density at radius 1 is 1.62 bits per heavy atom. The minimum atomic E-state index is -0.135. The maximum atomic E-state index is 11.4. The Balaban J connectivity index is 2.72. The number of hydrogen-bond donors (Lipinski definition) is 0. The topological polar surface area (TPSA) is 29.5 Å². The molecule has 0 fully saturated rings. The third kappa shape index (κ3) is 2.64. The Kier molecular flexibility index (Phi) is 4.54. The van der Waals surface area contributed by atoms with E-state index in [2.05, 4.69) is 31.9 Å². The lowest BCUT2D eigenvalue weighted by Gasteiger charge is -2.38. The van der Waals surface area contributed by atoms with E-state index < -0.39 is 0 Å². The molecule has 0 saturated carbocycles. The molecular weight excluding hydrogens is 202 g/mol. The van der Waals surface area contributed by atoms with Gasteiger partial charge in [0.25, 0.3) is 0 Å². The Labute approximate surface area is 98.5 Å². The molecule has 0 bridgehead atoms. The molecule has 0 aromatic heterocycles. The van der Waals surface area contributed by atoms with E-state index in [1.807, 2.05) is 0 Å². The summed E-state index contributed by atoms with van der Waals surface area (Å²) in [6.07, 6.45) is 5.94. The van der Waals surface area contributed by atoms with E-state index in [-0.39, 0.29) is 11.5 Å². The van der Waals surface area contributed by atoms with Crippen LogP contribution in [0.4, 0.5) is 0 Å². The van der Waals surface area contributed by atoms with Crippen LogP contribution in [0.1, 0.15) is 39.5 Å². The average molecular weight is 225 g/mol. The molecule has 16 heavy (non-hydrogen) atoms. The van der Waals surface area contributed by atoms with Gasteiger partial charge in [-0.05, 0) is 45.4 Å². The number of carbonyl (C=O) groups is 1. The Morgan fingerprint density at radius 2 is 2.31 bits per heavy atom. The average Bonchev–Trinajstić information content (AvgIpc) is 2.62. The number of likely N-dealkylation sites (N-methyl/N-ethyl adjacent to an activating group) is 1. The molecule has 3 heteroatoms. The molecule has 0 radical (unpaired) electrons. The summed E-state index contributed by atoms with van der Waals surface area (Å²) in [6.45, 7) is 5.47. The van der Waals surface area contributed by atoms with Gasteiger partial charge in [0.05, 0.1) is 13.5 Å². The second-order valence-corrected chi connectivity index (χ2v) is 4.72. The van der Waals surface area contributed by atoms with Crippen molar-refractivity contribution in [2.75, 3.05) is 20.7 Å². The number of hydrogen-bond acceptors (Lipinski definition) is 3. The van der Waals surface area contributed by atoms with Crippen LogP contribution in [0.3, 0.4) is 0 Å². The van der Waals surface area contributed by atoms with Gasteiger partial charge in [0.15, 0.2) is 0 Å². The number of methoxy groups -OCH3 is 1. The third-order valence-electron chi connectivity index (χ3n) is 3.68. The highest BCUT2D eigenvalue weighted by atomic mass is 16.5. The molecule has 1 rings (SSSR count). The summed E-state index contributed by atoms with van der Waals surface area (Å²) >= 11 is 0. The SMILES string of the molecule is CCCN(C)C1(C)CCC=C1CC(=O)OC. The van der Waals surface area contributed by atoms with Crippen molar-refractivity contribution in [3.63, 3.8) is 0 Å². The molecule has 0 N–H and O–H groups in total. The van der Waals surface area contributed by atoms with Gasteiger partial charge >= 0.3 is 5.97 Å². The number of nitrogens with zero attached hydrogens (tertiary/aromatic N) is 1. The molecule has 92 valence electrons. The minimum Gasteiger partial charge on any atom is -0.469 e. The first-order valence-corrected chi connectivity index (χ1v) is 6.02. The fourth-order valence-electron chi connectivity index (χ4n) is 2.42. The van der Waals surface area contributed by atoms with Crippen LogP contribution in [0.2, 0.25) is 0 Å². The quantitative estimate of drug-likeness (QED) is 0.531. The predicted octanol–water partition coefficient (Wildman–Crippen LogP) is 2.37. The number of carbonyl (C=O) groups excluding carboxylic acids is 1. The van der Waals surface area contributed by atoms with Crippen molar-refractivity contribution in [1.29, 1.82) is 0 Å².